The van der Waals surface area contributed by atoms with Gasteiger partial charge < -0.3 is 15.2 Å². The Balaban J connectivity index is 2.22. The Morgan fingerprint density at radius 2 is 2.11 bits per heavy atom. The fourth-order valence-electron chi connectivity index (χ4n) is 1.40. The molecule has 100 valence electrons. The second-order valence-electron chi connectivity index (χ2n) is 3.65. The summed E-state index contributed by atoms with van der Waals surface area (Å²) >= 11 is 3.09. The van der Waals surface area contributed by atoms with Crippen LogP contribution in [0.3, 0.4) is 0 Å². The van der Waals surface area contributed by atoms with Gasteiger partial charge in [-0.05, 0) is 47.1 Å². The Morgan fingerprint density at radius 3 is 2.79 bits per heavy atom. The van der Waals surface area contributed by atoms with E-state index in [1.807, 2.05) is 6.92 Å². The summed E-state index contributed by atoms with van der Waals surface area (Å²) in [6.45, 7) is 2.30. The van der Waals surface area contributed by atoms with Crippen LogP contribution in [0.15, 0.2) is 34.8 Å². The number of nitrogen functional groups attached to an aromatic ring is 1. The van der Waals surface area contributed by atoms with Crippen LogP contribution in [0.1, 0.15) is 6.92 Å². The molecule has 0 aliphatic heterocycles. The van der Waals surface area contributed by atoms with Gasteiger partial charge in [-0.25, -0.2) is 4.39 Å². The number of benzene rings is 1. The minimum absolute atomic E-state index is 0.321. The number of ether oxygens (including phenoxy) is 2. The van der Waals surface area contributed by atoms with Crippen LogP contribution in [0.4, 0.5) is 10.1 Å². The van der Waals surface area contributed by atoms with E-state index in [0.717, 1.165) is 0 Å². The van der Waals surface area contributed by atoms with Crippen molar-refractivity contribution in [2.45, 2.75) is 6.92 Å². The van der Waals surface area contributed by atoms with Crippen molar-refractivity contribution in [1.82, 2.24) is 4.98 Å². The van der Waals surface area contributed by atoms with Gasteiger partial charge in [0.2, 0.25) is 11.8 Å². The maximum atomic E-state index is 13.1. The summed E-state index contributed by atoms with van der Waals surface area (Å²) in [4.78, 5) is 4.13. The van der Waals surface area contributed by atoms with Crippen molar-refractivity contribution >= 4 is 21.6 Å². The highest BCUT2D eigenvalue weighted by Crippen LogP contribution is 2.28. The van der Waals surface area contributed by atoms with Crippen LogP contribution in [-0.2, 0) is 0 Å². The minimum atomic E-state index is -0.354. The van der Waals surface area contributed by atoms with E-state index in [4.69, 9.17) is 15.2 Å². The van der Waals surface area contributed by atoms with E-state index >= 15 is 0 Å². The largest absolute Gasteiger partial charge is 0.476 e. The van der Waals surface area contributed by atoms with Gasteiger partial charge in [0.25, 0.3) is 0 Å². The van der Waals surface area contributed by atoms with E-state index < -0.39 is 0 Å². The standard InChI is InChI=1S/C13H12BrFN2O2/c1-2-18-13-11(16)5-6-12(17-13)19-8-3-4-10(15)9(14)7-8/h3-7H,2,16H2,1H3. The predicted molar refractivity (Wildman–Crippen MR) is 74.0 cm³/mol. The molecule has 0 saturated heterocycles. The fraction of sp³-hybridized carbons (Fsp3) is 0.154. The van der Waals surface area contributed by atoms with Crippen molar-refractivity contribution in [1.29, 1.82) is 0 Å². The van der Waals surface area contributed by atoms with Gasteiger partial charge in [0, 0.05) is 6.07 Å². The molecule has 2 aromatic rings. The van der Waals surface area contributed by atoms with Crippen molar-refractivity contribution in [3.05, 3.63) is 40.6 Å². The summed E-state index contributed by atoms with van der Waals surface area (Å²) in [7, 11) is 0. The first kappa shape index (κ1) is 13.6. The smallest absolute Gasteiger partial charge is 0.240 e. The average molecular weight is 327 g/mol. The first-order valence-electron chi connectivity index (χ1n) is 5.62. The summed E-state index contributed by atoms with van der Waals surface area (Å²) in [5, 5.41) is 0. The minimum Gasteiger partial charge on any atom is -0.476 e. The molecule has 4 nitrogen and oxygen atoms in total. The van der Waals surface area contributed by atoms with E-state index in [9.17, 15) is 4.39 Å². The number of hydrogen-bond acceptors (Lipinski definition) is 4. The molecule has 0 bridgehead atoms. The van der Waals surface area contributed by atoms with Gasteiger partial charge in [-0.3, -0.25) is 0 Å². The molecule has 6 heteroatoms. The molecule has 0 unspecified atom stereocenters. The second-order valence-corrected chi connectivity index (χ2v) is 4.51. The van der Waals surface area contributed by atoms with Crippen LogP contribution < -0.4 is 15.2 Å². The number of rotatable bonds is 4. The van der Waals surface area contributed by atoms with Crippen molar-refractivity contribution in [2.24, 2.45) is 0 Å². The summed E-state index contributed by atoms with van der Waals surface area (Å²) < 4.78 is 24.2. The van der Waals surface area contributed by atoms with Crippen LogP contribution >= 0.6 is 15.9 Å². The van der Waals surface area contributed by atoms with Crippen molar-refractivity contribution in [2.75, 3.05) is 12.3 Å². The zero-order valence-corrected chi connectivity index (χ0v) is 11.8. The molecule has 0 spiro atoms. The number of pyridine rings is 1. The maximum absolute atomic E-state index is 13.1. The van der Waals surface area contributed by atoms with Crippen molar-refractivity contribution < 1.29 is 13.9 Å². The molecule has 0 aliphatic rings. The van der Waals surface area contributed by atoms with Crippen molar-refractivity contribution in [3.8, 4) is 17.5 Å². The van der Waals surface area contributed by atoms with Gasteiger partial charge in [-0.15, -0.1) is 0 Å². The Hall–Kier alpha value is -1.82. The Kier molecular flexibility index (Phi) is 4.21. The van der Waals surface area contributed by atoms with Gasteiger partial charge in [0.05, 0.1) is 16.8 Å². The summed E-state index contributed by atoms with van der Waals surface area (Å²) in [6, 6.07) is 7.60. The lowest BCUT2D eigenvalue weighted by atomic mass is 10.3. The van der Waals surface area contributed by atoms with E-state index in [2.05, 4.69) is 20.9 Å². The maximum Gasteiger partial charge on any atom is 0.240 e. The average Bonchev–Trinajstić information content (AvgIpc) is 2.38. The normalized spacial score (nSPS) is 10.3. The first-order valence-corrected chi connectivity index (χ1v) is 6.41. The topological polar surface area (TPSA) is 57.4 Å². The van der Waals surface area contributed by atoms with Crippen LogP contribution in [0, 0.1) is 5.82 Å². The second kappa shape index (κ2) is 5.88. The highest BCUT2D eigenvalue weighted by molar-refractivity contribution is 9.10. The van der Waals surface area contributed by atoms with Crippen LogP contribution in [0.2, 0.25) is 0 Å². The fourth-order valence-corrected chi connectivity index (χ4v) is 1.76. The molecule has 0 fully saturated rings. The Bertz CT molecular complexity index is 593. The highest BCUT2D eigenvalue weighted by atomic mass is 79.9. The summed E-state index contributed by atoms with van der Waals surface area (Å²) in [5.41, 5.74) is 6.15. The van der Waals surface area contributed by atoms with E-state index in [0.29, 0.717) is 34.3 Å². The van der Waals surface area contributed by atoms with Crippen molar-refractivity contribution in [3.63, 3.8) is 0 Å². The SMILES string of the molecule is CCOc1nc(Oc2ccc(F)c(Br)c2)ccc1N. The Labute approximate surface area is 118 Å². The predicted octanol–water partition coefficient (Wildman–Crippen LogP) is 3.76. The monoisotopic (exact) mass is 326 g/mol. The molecule has 0 radical (unpaired) electrons. The Morgan fingerprint density at radius 1 is 1.32 bits per heavy atom. The van der Waals surface area contributed by atoms with Crippen LogP contribution in [-0.4, -0.2) is 11.6 Å². The van der Waals surface area contributed by atoms with E-state index in [-0.39, 0.29) is 5.82 Å². The number of nitrogens with two attached hydrogens (primary N) is 1. The zero-order valence-electron chi connectivity index (χ0n) is 10.2. The first-order chi connectivity index (χ1) is 9.10. The zero-order chi connectivity index (χ0) is 13.8. The third-order valence-electron chi connectivity index (χ3n) is 2.26. The summed E-state index contributed by atoms with van der Waals surface area (Å²) in [6.07, 6.45) is 0. The molecule has 19 heavy (non-hydrogen) atoms. The van der Waals surface area contributed by atoms with E-state index in [1.165, 1.54) is 18.2 Å². The van der Waals surface area contributed by atoms with Gasteiger partial charge in [0.15, 0.2) is 0 Å². The molecular weight excluding hydrogens is 315 g/mol. The molecule has 0 amide bonds. The number of aromatic nitrogens is 1. The third kappa shape index (κ3) is 3.35. The number of halogens is 2. The number of hydrogen-bond donors (Lipinski definition) is 1. The van der Waals surface area contributed by atoms with Crippen LogP contribution in [0.25, 0.3) is 0 Å². The van der Waals surface area contributed by atoms with Gasteiger partial charge in [-0.2, -0.15) is 4.98 Å². The van der Waals surface area contributed by atoms with E-state index in [1.54, 1.807) is 12.1 Å². The van der Waals surface area contributed by atoms with Gasteiger partial charge in [-0.1, -0.05) is 0 Å². The lowest BCUT2D eigenvalue weighted by molar-refractivity contribution is 0.323. The summed E-state index contributed by atoms with van der Waals surface area (Å²) in [5.74, 6) is 0.762. The quantitative estimate of drug-likeness (QED) is 0.929. The number of anilines is 1. The molecule has 0 aliphatic carbocycles. The van der Waals surface area contributed by atoms with Crippen LogP contribution in [0.5, 0.6) is 17.5 Å². The number of nitrogens with zero attached hydrogens (tertiary/aromatic N) is 1. The lowest BCUT2D eigenvalue weighted by Gasteiger charge is -2.09. The van der Waals surface area contributed by atoms with Gasteiger partial charge >= 0.3 is 0 Å². The third-order valence-corrected chi connectivity index (χ3v) is 2.87. The molecular formula is C13H12BrFN2O2. The molecule has 0 saturated carbocycles. The molecule has 1 aromatic carbocycles. The lowest BCUT2D eigenvalue weighted by Crippen LogP contribution is -2.00. The molecule has 2 N–H and O–H groups in total. The highest BCUT2D eigenvalue weighted by Gasteiger charge is 2.07. The van der Waals surface area contributed by atoms with Gasteiger partial charge in [0.1, 0.15) is 11.6 Å². The molecule has 2 rings (SSSR count). The molecule has 1 aromatic heterocycles. The molecule has 1 heterocycles. The molecule has 0 atom stereocenters.